The van der Waals surface area contributed by atoms with E-state index in [0.29, 0.717) is 13.2 Å². The Labute approximate surface area is 170 Å². The molecule has 7 nitrogen and oxygen atoms in total. The summed E-state index contributed by atoms with van der Waals surface area (Å²) in [4.78, 5) is 27.9. The van der Waals surface area contributed by atoms with Crippen LogP contribution in [0, 0.1) is 10.8 Å². The van der Waals surface area contributed by atoms with Crippen molar-refractivity contribution in [1.82, 2.24) is 14.2 Å². The van der Waals surface area contributed by atoms with Gasteiger partial charge < -0.3 is 9.26 Å². The van der Waals surface area contributed by atoms with Gasteiger partial charge in [0.15, 0.2) is 8.45 Å². The topological polar surface area (TPSA) is 62.3 Å². The highest BCUT2D eigenvalue weighted by Crippen LogP contribution is 2.64. The van der Waals surface area contributed by atoms with Crippen molar-refractivity contribution < 1.29 is 18.8 Å². The molecule has 160 valence electrons. The summed E-state index contributed by atoms with van der Waals surface area (Å²) in [6.07, 6.45) is 1.48. The molecule has 2 amide bonds. The number of carbonyl (C=O) groups excluding carboxylic acids is 2. The van der Waals surface area contributed by atoms with E-state index in [-0.39, 0.29) is 24.0 Å². The molecule has 4 atom stereocenters. The van der Waals surface area contributed by atoms with Crippen LogP contribution in [0.4, 0.5) is 0 Å². The molecule has 8 heteroatoms. The van der Waals surface area contributed by atoms with Gasteiger partial charge in [-0.1, -0.05) is 27.7 Å². The predicted octanol–water partition coefficient (Wildman–Crippen LogP) is 2.86. The van der Waals surface area contributed by atoms with E-state index in [9.17, 15) is 9.59 Å². The number of carbonyl (C=O) groups is 2. The predicted molar refractivity (Wildman–Crippen MR) is 110 cm³/mol. The van der Waals surface area contributed by atoms with Gasteiger partial charge in [-0.25, -0.2) is 9.34 Å². The Kier molecular flexibility index (Phi) is 6.53. The van der Waals surface area contributed by atoms with Gasteiger partial charge >= 0.3 is 0 Å². The van der Waals surface area contributed by atoms with Gasteiger partial charge in [0, 0.05) is 26.2 Å². The fraction of sp³-hybridized carbons (Fsp3) is 0.900. The first-order valence-corrected chi connectivity index (χ1v) is 11.9. The lowest BCUT2D eigenvalue weighted by Gasteiger charge is -2.36. The van der Waals surface area contributed by atoms with Crippen LogP contribution < -0.4 is 0 Å². The van der Waals surface area contributed by atoms with Crippen molar-refractivity contribution in [3.63, 3.8) is 0 Å². The Hall–Kier alpha value is -0.590. The maximum Gasteiger partial charge on any atom is 0.239 e. The highest BCUT2D eigenvalue weighted by molar-refractivity contribution is 7.47. The summed E-state index contributed by atoms with van der Waals surface area (Å²) in [7, 11) is -0.887. The van der Waals surface area contributed by atoms with Crippen LogP contribution in [0.15, 0.2) is 0 Å². The second kappa shape index (κ2) is 8.27. The van der Waals surface area contributed by atoms with Crippen LogP contribution in [0.25, 0.3) is 0 Å². The minimum atomic E-state index is -0.887. The second-order valence-electron chi connectivity index (χ2n) is 8.22. The molecule has 0 saturated carbocycles. The van der Waals surface area contributed by atoms with Gasteiger partial charge in [0.05, 0.1) is 36.2 Å². The lowest BCUT2D eigenvalue weighted by molar-refractivity contribution is -0.145. The summed E-state index contributed by atoms with van der Waals surface area (Å²) < 4.78 is 16.9. The van der Waals surface area contributed by atoms with Gasteiger partial charge in [-0.05, 0) is 26.7 Å². The van der Waals surface area contributed by atoms with Crippen molar-refractivity contribution in [2.24, 2.45) is 10.8 Å². The molecule has 0 aromatic carbocycles. The minimum Gasteiger partial charge on any atom is -0.373 e. The maximum atomic E-state index is 13.2. The van der Waals surface area contributed by atoms with Crippen LogP contribution in [-0.2, 0) is 18.8 Å². The van der Waals surface area contributed by atoms with Gasteiger partial charge in [-0.15, -0.1) is 0 Å². The quantitative estimate of drug-likeness (QED) is 0.405. The van der Waals surface area contributed by atoms with Gasteiger partial charge in [0.1, 0.15) is 0 Å². The Morgan fingerprint density at radius 1 is 0.964 bits per heavy atom. The Bertz CT molecular complexity index is 566. The van der Waals surface area contributed by atoms with Gasteiger partial charge in [0.25, 0.3) is 0 Å². The molecule has 28 heavy (non-hydrogen) atoms. The Morgan fingerprint density at radius 3 is 1.79 bits per heavy atom. The lowest BCUT2D eigenvalue weighted by atomic mass is 9.59. The average molecular weight is 413 g/mol. The number of hydrogen-bond donors (Lipinski definition) is 0. The van der Waals surface area contributed by atoms with Crippen LogP contribution in [0.1, 0.15) is 54.4 Å². The number of amides is 2. The van der Waals surface area contributed by atoms with E-state index in [1.807, 2.05) is 13.8 Å². The Morgan fingerprint density at radius 2 is 1.39 bits per heavy atom. The van der Waals surface area contributed by atoms with Crippen molar-refractivity contribution >= 4 is 20.3 Å². The highest BCUT2D eigenvalue weighted by atomic mass is 31.2. The zero-order valence-corrected chi connectivity index (χ0v) is 19.1. The van der Waals surface area contributed by atoms with Crippen molar-refractivity contribution in [3.05, 3.63) is 0 Å². The molecule has 3 rings (SSSR count). The van der Waals surface area contributed by atoms with Gasteiger partial charge in [-0.2, -0.15) is 0 Å². The standard InChI is InChI=1S/C20H36N3O4P/c1-7-21(8-2)28(22(9-3)10-4)26-14-13-23-17(24)19(5)15-11-12-16(27-15)20(19,6)18(23)25/h15-16H,7-14H2,1-6H3/t15-,16+,19+,20-. The van der Waals surface area contributed by atoms with E-state index in [1.54, 1.807) is 0 Å². The van der Waals surface area contributed by atoms with E-state index in [0.717, 1.165) is 39.0 Å². The molecule has 0 spiro atoms. The third-order valence-corrected chi connectivity index (χ3v) is 9.74. The monoisotopic (exact) mass is 413 g/mol. The molecule has 3 fully saturated rings. The smallest absolute Gasteiger partial charge is 0.239 e. The normalized spacial score (nSPS) is 34.5. The molecule has 3 aliphatic heterocycles. The second-order valence-corrected chi connectivity index (χ2v) is 10.1. The molecule has 0 unspecified atom stereocenters. The summed E-state index contributed by atoms with van der Waals surface area (Å²) >= 11 is 0. The number of ether oxygens (including phenoxy) is 1. The van der Waals surface area contributed by atoms with Crippen molar-refractivity contribution in [2.75, 3.05) is 39.3 Å². The number of fused-ring (bicyclic) bond motifs is 5. The fourth-order valence-corrected chi connectivity index (χ4v) is 7.12. The van der Waals surface area contributed by atoms with Crippen molar-refractivity contribution in [2.45, 2.75) is 66.6 Å². The first-order chi connectivity index (χ1) is 13.3. The van der Waals surface area contributed by atoms with Crippen LogP contribution >= 0.6 is 8.45 Å². The van der Waals surface area contributed by atoms with Crippen molar-refractivity contribution in [3.8, 4) is 0 Å². The molecule has 0 N–H and O–H groups in total. The third-order valence-electron chi connectivity index (χ3n) is 7.23. The fourth-order valence-electron chi connectivity index (χ4n) is 5.22. The molecule has 0 radical (unpaired) electrons. The van der Waals surface area contributed by atoms with E-state index in [4.69, 9.17) is 9.26 Å². The van der Waals surface area contributed by atoms with Crippen LogP contribution in [0.3, 0.4) is 0 Å². The average Bonchev–Trinajstić information content (AvgIpc) is 3.31. The molecule has 3 aliphatic rings. The zero-order chi connectivity index (χ0) is 20.7. The van der Waals surface area contributed by atoms with E-state index in [2.05, 4.69) is 37.0 Å². The number of hydrogen-bond acceptors (Lipinski definition) is 6. The summed E-state index contributed by atoms with van der Waals surface area (Å²) in [6, 6.07) is 0. The van der Waals surface area contributed by atoms with Gasteiger partial charge in [0.2, 0.25) is 11.8 Å². The first-order valence-electron chi connectivity index (χ1n) is 10.8. The SMILES string of the molecule is CCN(CC)P(OCCN1C(=O)[C@@]2(C)[C@@H]3CC[C@@H](O3)[C@@]2(C)C1=O)N(CC)CC. The van der Waals surface area contributed by atoms with Crippen molar-refractivity contribution in [1.29, 1.82) is 0 Å². The van der Waals surface area contributed by atoms with E-state index >= 15 is 0 Å². The largest absolute Gasteiger partial charge is 0.373 e. The van der Waals surface area contributed by atoms with Crippen LogP contribution in [-0.4, -0.2) is 77.6 Å². The van der Waals surface area contributed by atoms with Crippen LogP contribution in [0.5, 0.6) is 0 Å². The molecular weight excluding hydrogens is 377 g/mol. The van der Waals surface area contributed by atoms with Gasteiger partial charge in [-0.3, -0.25) is 14.5 Å². The summed E-state index contributed by atoms with van der Waals surface area (Å²) in [5.74, 6) is -0.156. The maximum absolute atomic E-state index is 13.2. The van der Waals surface area contributed by atoms with E-state index < -0.39 is 19.3 Å². The molecular formula is C20H36N3O4P. The minimum absolute atomic E-state index is 0.0780. The summed E-state index contributed by atoms with van der Waals surface area (Å²) in [5.41, 5.74) is -1.45. The lowest BCUT2D eigenvalue weighted by Crippen LogP contribution is -2.48. The van der Waals surface area contributed by atoms with E-state index in [1.165, 1.54) is 4.90 Å². The molecule has 0 aliphatic carbocycles. The molecule has 0 aromatic heterocycles. The number of nitrogens with zero attached hydrogens (tertiary/aromatic N) is 3. The molecule has 3 heterocycles. The summed E-state index contributed by atoms with van der Waals surface area (Å²) in [5, 5.41) is 0. The molecule has 2 bridgehead atoms. The number of rotatable bonds is 10. The Balaban J connectivity index is 1.69. The number of likely N-dealkylation sites (tertiary alicyclic amines) is 1. The van der Waals surface area contributed by atoms with Crippen LogP contribution in [0.2, 0.25) is 0 Å². The molecule has 0 aromatic rings. The first kappa shape index (κ1) is 22.1. The summed E-state index contributed by atoms with van der Waals surface area (Å²) in [6.45, 7) is 16.8. The number of imide groups is 1. The molecule has 3 saturated heterocycles. The third kappa shape index (κ3) is 2.97. The zero-order valence-electron chi connectivity index (χ0n) is 18.2. The highest BCUT2D eigenvalue weighted by Gasteiger charge is 2.76.